The Balaban J connectivity index is 0.00000588. The number of esters is 1. The number of hydrogen-bond donors (Lipinski definition) is 1. The van der Waals surface area contributed by atoms with E-state index in [4.69, 9.17) is 10.5 Å². The highest BCUT2D eigenvalue weighted by molar-refractivity contribution is 7.91. The van der Waals surface area contributed by atoms with Crippen LogP contribution in [0.3, 0.4) is 0 Å². The molecule has 11 heteroatoms. The molecule has 0 radical (unpaired) electrons. The summed E-state index contributed by atoms with van der Waals surface area (Å²) in [5.74, 6) is -1.09. The SMILES string of the molecule is CC(C)C[C@H](N)C(=O)OC[C@@H](CC(=O)C1CCC(CS(=O)(=O)c2ccc(C(F)(F)F)cc2)CC1)c1ccccc1.Cl. The smallest absolute Gasteiger partial charge is 0.416 e. The molecule has 6 nitrogen and oxygen atoms in total. The first-order valence-electron chi connectivity index (χ1n) is 13.7. The standard InChI is InChI=1S/C30H38F3NO5S.ClH/c1-20(2)16-27(34)29(36)39-18-24(22-6-4-3-5-7-22)17-28(35)23-10-8-21(9-11-23)19-40(37,38)26-14-12-25(13-15-26)30(31,32)33;/h3-7,12-15,20-21,23-24,27H,8-11,16-19,34H2,1-2H3;1H/t21?,23?,24-,27+;/m1./s1. The summed E-state index contributed by atoms with van der Waals surface area (Å²) in [6.45, 7) is 3.98. The van der Waals surface area contributed by atoms with Crippen LogP contribution in [0.4, 0.5) is 13.2 Å². The summed E-state index contributed by atoms with van der Waals surface area (Å²) in [6.07, 6.45) is -1.70. The molecule has 0 amide bonds. The average Bonchev–Trinajstić information content (AvgIpc) is 2.90. The second-order valence-corrected chi connectivity index (χ2v) is 13.2. The lowest BCUT2D eigenvalue weighted by Gasteiger charge is -2.28. The normalized spacial score (nSPS) is 19.2. The molecule has 1 saturated carbocycles. The van der Waals surface area contributed by atoms with Crippen molar-refractivity contribution >= 4 is 34.0 Å². The lowest BCUT2D eigenvalue weighted by atomic mass is 9.78. The summed E-state index contributed by atoms with van der Waals surface area (Å²) >= 11 is 0. The van der Waals surface area contributed by atoms with Crippen molar-refractivity contribution in [3.05, 3.63) is 65.7 Å². The molecular weight excluding hydrogens is 579 g/mol. The van der Waals surface area contributed by atoms with Crippen molar-refractivity contribution in [3.8, 4) is 0 Å². The van der Waals surface area contributed by atoms with Crippen molar-refractivity contribution in [1.82, 2.24) is 0 Å². The largest absolute Gasteiger partial charge is 0.464 e. The van der Waals surface area contributed by atoms with Crippen LogP contribution in [0, 0.1) is 17.8 Å². The fourth-order valence-corrected chi connectivity index (χ4v) is 6.91. The van der Waals surface area contributed by atoms with Gasteiger partial charge in [-0.1, -0.05) is 44.2 Å². The summed E-state index contributed by atoms with van der Waals surface area (Å²) in [6, 6.07) is 12.2. The maximum Gasteiger partial charge on any atom is 0.416 e. The zero-order chi connectivity index (χ0) is 29.5. The van der Waals surface area contributed by atoms with Crippen LogP contribution in [0.2, 0.25) is 0 Å². The average molecular weight is 618 g/mol. The zero-order valence-electron chi connectivity index (χ0n) is 23.3. The van der Waals surface area contributed by atoms with E-state index in [1.807, 2.05) is 44.2 Å². The molecule has 0 spiro atoms. The van der Waals surface area contributed by atoms with Crippen LogP contribution in [0.1, 0.15) is 69.4 Å². The minimum absolute atomic E-state index is 0. The van der Waals surface area contributed by atoms with Gasteiger partial charge in [0.2, 0.25) is 0 Å². The number of rotatable bonds is 12. The summed E-state index contributed by atoms with van der Waals surface area (Å²) < 4.78 is 69.6. The third kappa shape index (κ3) is 10.4. The van der Waals surface area contributed by atoms with Gasteiger partial charge in [-0.25, -0.2) is 8.42 Å². The molecule has 0 heterocycles. The summed E-state index contributed by atoms with van der Waals surface area (Å²) in [5, 5.41) is 0. The molecule has 0 aromatic heterocycles. The van der Waals surface area contributed by atoms with Gasteiger partial charge in [-0.3, -0.25) is 9.59 Å². The topological polar surface area (TPSA) is 104 Å². The molecule has 0 aliphatic heterocycles. The molecular formula is C30H39ClF3NO5S. The number of carbonyl (C=O) groups is 2. The van der Waals surface area contributed by atoms with Gasteiger partial charge in [-0.05, 0) is 73.8 Å². The Bertz CT molecular complexity index is 1230. The molecule has 3 rings (SSSR count). The predicted molar refractivity (Wildman–Crippen MR) is 153 cm³/mol. The maximum absolute atomic E-state index is 13.3. The Morgan fingerprint density at radius 1 is 0.976 bits per heavy atom. The number of carbonyl (C=O) groups excluding carboxylic acids is 2. The molecule has 2 aromatic carbocycles. The number of benzene rings is 2. The minimum Gasteiger partial charge on any atom is -0.464 e. The van der Waals surface area contributed by atoms with Gasteiger partial charge in [-0.15, -0.1) is 12.4 Å². The molecule has 0 bridgehead atoms. The van der Waals surface area contributed by atoms with Crippen LogP contribution in [0.15, 0.2) is 59.5 Å². The third-order valence-corrected chi connectivity index (χ3v) is 9.37. The molecule has 41 heavy (non-hydrogen) atoms. The van der Waals surface area contributed by atoms with Crippen molar-refractivity contribution in [2.24, 2.45) is 23.5 Å². The first kappa shape index (κ1) is 34.8. The van der Waals surface area contributed by atoms with E-state index in [2.05, 4.69) is 0 Å². The molecule has 1 fully saturated rings. The van der Waals surface area contributed by atoms with Gasteiger partial charge < -0.3 is 10.5 Å². The Kier molecular flexibility index (Phi) is 12.9. The Hall–Kier alpha value is -2.43. The molecule has 0 saturated heterocycles. The van der Waals surface area contributed by atoms with E-state index in [0.29, 0.717) is 32.1 Å². The van der Waals surface area contributed by atoms with Gasteiger partial charge in [0, 0.05) is 18.3 Å². The fourth-order valence-electron chi connectivity index (χ4n) is 5.21. The van der Waals surface area contributed by atoms with E-state index >= 15 is 0 Å². The van der Waals surface area contributed by atoms with Gasteiger partial charge in [0.15, 0.2) is 9.84 Å². The van der Waals surface area contributed by atoms with Crippen LogP contribution in [-0.2, 0) is 30.3 Å². The number of Topliss-reactive ketones (excluding diaryl/α,β-unsaturated/α-hetero) is 1. The van der Waals surface area contributed by atoms with Crippen molar-refractivity contribution in [2.75, 3.05) is 12.4 Å². The second kappa shape index (κ2) is 15.2. The summed E-state index contributed by atoms with van der Waals surface area (Å²) in [4.78, 5) is 25.5. The number of hydrogen-bond acceptors (Lipinski definition) is 6. The number of nitrogens with two attached hydrogens (primary N) is 1. The lowest BCUT2D eigenvalue weighted by Crippen LogP contribution is -2.34. The van der Waals surface area contributed by atoms with Gasteiger partial charge in [0.05, 0.1) is 22.8 Å². The van der Waals surface area contributed by atoms with Gasteiger partial charge >= 0.3 is 12.1 Å². The number of alkyl halides is 3. The number of halogens is 4. The monoisotopic (exact) mass is 617 g/mol. The molecule has 1 aliphatic carbocycles. The fraction of sp³-hybridized carbons (Fsp3) is 0.533. The highest BCUT2D eigenvalue weighted by Crippen LogP contribution is 2.35. The van der Waals surface area contributed by atoms with Crippen LogP contribution in [0.5, 0.6) is 0 Å². The summed E-state index contributed by atoms with van der Waals surface area (Å²) in [5.41, 5.74) is 5.94. The van der Waals surface area contributed by atoms with Crippen LogP contribution in [0.25, 0.3) is 0 Å². The van der Waals surface area contributed by atoms with E-state index in [9.17, 15) is 31.2 Å². The Morgan fingerprint density at radius 2 is 1.56 bits per heavy atom. The van der Waals surface area contributed by atoms with Crippen molar-refractivity contribution in [3.63, 3.8) is 0 Å². The predicted octanol–water partition coefficient (Wildman–Crippen LogP) is 6.37. The molecule has 228 valence electrons. The first-order chi connectivity index (χ1) is 18.8. The Morgan fingerprint density at radius 3 is 2.10 bits per heavy atom. The minimum atomic E-state index is -4.53. The second-order valence-electron chi connectivity index (χ2n) is 11.2. The van der Waals surface area contributed by atoms with Gasteiger partial charge in [0.25, 0.3) is 0 Å². The lowest BCUT2D eigenvalue weighted by molar-refractivity contribution is -0.146. The van der Waals surface area contributed by atoms with Crippen molar-refractivity contribution in [2.45, 2.75) is 75.4 Å². The summed E-state index contributed by atoms with van der Waals surface area (Å²) in [7, 11) is -3.76. The van der Waals surface area contributed by atoms with Gasteiger partial charge in [0.1, 0.15) is 11.8 Å². The highest BCUT2D eigenvalue weighted by Gasteiger charge is 2.33. The zero-order valence-corrected chi connectivity index (χ0v) is 24.9. The highest BCUT2D eigenvalue weighted by atomic mass is 35.5. The van der Waals surface area contributed by atoms with Crippen LogP contribution >= 0.6 is 12.4 Å². The van der Waals surface area contributed by atoms with E-state index in [-0.39, 0.29) is 65.5 Å². The molecule has 1 aliphatic rings. The quantitative estimate of drug-likeness (QED) is 0.278. The molecule has 2 N–H and O–H groups in total. The van der Waals surface area contributed by atoms with Crippen LogP contribution in [-0.4, -0.2) is 38.6 Å². The number of ketones is 1. The van der Waals surface area contributed by atoms with E-state index in [0.717, 1.165) is 29.8 Å². The van der Waals surface area contributed by atoms with Crippen LogP contribution < -0.4 is 5.73 Å². The van der Waals surface area contributed by atoms with E-state index < -0.39 is 33.6 Å². The molecule has 2 aromatic rings. The third-order valence-electron chi connectivity index (χ3n) is 7.47. The number of sulfone groups is 1. The van der Waals surface area contributed by atoms with Gasteiger partial charge in [-0.2, -0.15) is 13.2 Å². The van der Waals surface area contributed by atoms with E-state index in [1.54, 1.807) is 0 Å². The maximum atomic E-state index is 13.3. The number of ether oxygens (including phenoxy) is 1. The van der Waals surface area contributed by atoms with E-state index in [1.165, 1.54) is 0 Å². The van der Waals surface area contributed by atoms with Crippen molar-refractivity contribution < 1.29 is 35.9 Å². The van der Waals surface area contributed by atoms with Crippen molar-refractivity contribution in [1.29, 1.82) is 0 Å². The molecule has 2 atom stereocenters. The molecule has 0 unspecified atom stereocenters. The first-order valence-corrected chi connectivity index (χ1v) is 15.3. The Labute approximate surface area is 246 Å².